The molecular weight excluding hydrogens is 2120 g/mol. The van der Waals surface area contributed by atoms with Crippen LogP contribution in [0.5, 0.6) is 11.5 Å². The molecule has 4 heterocycles. The molecule has 0 N–H and O–H groups in total. The van der Waals surface area contributed by atoms with Gasteiger partial charge in [-0.2, -0.15) is 0 Å². The molecule has 0 amide bonds. The number of esters is 2. The number of alkyl halides is 1. The van der Waals surface area contributed by atoms with Crippen molar-refractivity contribution in [1.82, 2.24) is 0 Å². The van der Waals surface area contributed by atoms with Gasteiger partial charge < -0.3 is 78.6 Å². The molecule has 2 unspecified atom stereocenters. The largest absolute Gasteiger partial charge is 1.00 e. The summed E-state index contributed by atoms with van der Waals surface area (Å²) in [6.45, 7) is 81.7. The minimum absolute atomic E-state index is 0. The second-order valence-electron chi connectivity index (χ2n) is 49.6. The number of benzene rings is 7. The number of fused-ring (bicyclic) bond motifs is 2. The second kappa shape index (κ2) is 56.5. The number of halogens is 1. The normalized spacial score (nSPS) is 17.8. The van der Waals surface area contributed by atoms with Gasteiger partial charge in [0.05, 0.1) is 50.2 Å². The molecule has 2 saturated heterocycles. The molecule has 10 atom stereocenters. The maximum Gasteiger partial charge on any atom is 1.00 e. The zero-order valence-electron chi connectivity index (χ0n) is 97.3. The first-order valence-electron chi connectivity index (χ1n) is 52.5. The molecule has 149 heavy (non-hydrogen) atoms. The molecule has 2 aromatic heterocycles. The third-order valence-corrected chi connectivity index (χ3v) is 57.1. The molecular formula is C119H185ILiNO18SSi8. The predicted molar refractivity (Wildman–Crippen MR) is 649 cm³/mol. The van der Waals surface area contributed by atoms with Gasteiger partial charge in [-0.1, -0.05) is 398 Å². The number of methoxy groups -OCH3 is 2. The summed E-state index contributed by atoms with van der Waals surface area (Å²) < 4.78 is 107. The van der Waals surface area contributed by atoms with E-state index in [9.17, 15) is 9.59 Å². The van der Waals surface area contributed by atoms with Crippen LogP contribution >= 0.6 is 34.4 Å². The molecule has 11 rings (SSSR count). The fourth-order valence-electron chi connectivity index (χ4n) is 17.8. The molecule has 30 heteroatoms. The molecule has 2 fully saturated rings. The van der Waals surface area contributed by atoms with Gasteiger partial charge in [0.25, 0.3) is 16.6 Å². The minimum atomic E-state index is -2.80. The first kappa shape index (κ1) is 132. The summed E-state index contributed by atoms with van der Waals surface area (Å²) >= 11 is 4.09. The molecule has 0 aliphatic carbocycles. The Hall–Kier alpha value is -5.65. The van der Waals surface area contributed by atoms with Crippen molar-refractivity contribution in [1.29, 1.82) is 0 Å². The van der Waals surface area contributed by atoms with Crippen molar-refractivity contribution >= 4 is 161 Å². The number of ether oxygens (including phenoxy) is 10. The van der Waals surface area contributed by atoms with Crippen LogP contribution in [0.4, 0.5) is 0 Å². The fourth-order valence-corrected chi connectivity index (χ4v) is 41.0. The van der Waals surface area contributed by atoms with Gasteiger partial charge in [-0.25, -0.2) is 9.59 Å². The first-order chi connectivity index (χ1) is 68.2. The van der Waals surface area contributed by atoms with Crippen molar-refractivity contribution < 1.29 is 102 Å². The van der Waals surface area contributed by atoms with Crippen molar-refractivity contribution in [2.75, 3.05) is 45.4 Å². The van der Waals surface area contributed by atoms with Crippen molar-refractivity contribution in [3.8, 4) is 11.5 Å². The molecule has 9 aromatic rings. The smallest absolute Gasteiger partial charge is 0.668 e. The number of thioether (sulfide) groups is 1. The molecule has 2 aliphatic rings. The zero-order valence-corrected chi connectivity index (χ0v) is 108. The van der Waals surface area contributed by atoms with E-state index < -0.39 is 95.6 Å². The summed E-state index contributed by atoms with van der Waals surface area (Å²) in [5, 5.41) is 6.57. The topological polar surface area (TPSA) is 204 Å². The molecule has 19 nitrogen and oxygen atoms in total. The molecule has 0 radical (unpaired) electrons. The zero-order chi connectivity index (χ0) is 110. The first-order valence-corrected chi connectivity index (χ1v) is 79.0. The second-order valence-corrected chi connectivity index (χ2v) is 90.6. The van der Waals surface area contributed by atoms with Crippen LogP contribution in [0, 0.1) is 11.8 Å². The van der Waals surface area contributed by atoms with Gasteiger partial charge in [-0.3, -0.25) is 0 Å². The van der Waals surface area contributed by atoms with E-state index in [1.807, 2.05) is 70.2 Å². The average Bonchev–Trinajstić information content (AvgIpc) is 1.69. The minimum Gasteiger partial charge on any atom is -0.668 e. The van der Waals surface area contributed by atoms with E-state index in [0.29, 0.717) is 64.7 Å². The summed E-state index contributed by atoms with van der Waals surface area (Å²) in [7, 11) is -11.8. The fraction of sp³-hybridized carbons (Fsp3) is 0.546. The number of carbonyl (C=O) groups excluding carboxylic acids is 2. The van der Waals surface area contributed by atoms with Crippen molar-refractivity contribution in [2.24, 2.45) is 11.8 Å². The standard InChI is InChI=1S/C53H78O9Si3.C36H57IO4Si2.C23H28O5SSi.C6H18NSi2.CH4.Li/c1-38(39(2)61-65(52(6,7)8,40-24-19-17-20-25-40)41-26-21-18-22-27-41)30-31-45(62-64(15,16)51(3,4)5)49-44(59-53(9,10)60-49)29-23-28-43-42-32-33-56-46(42)36-47(58-37-55-11)48(43)50(54)57-34-35-63(12,13)14;1-27(23-24-32(41-42(11,12)34(3,4)5)33-31(25-26-37)38-36(9,10)39-33)28(2)40-43(35(6,7)8,29-19-15-13-16-20-29)30-21-17-14-18-22-30;1-25-16-28-21-14-20-18(10-11-26-20)19(15-29-17-8-6-5-7-9-17)22(21)23(24)27-12-13-30(2,3)4;1-8(2,3)7-9(4,5)6;;/h17-28,30-33,36,38-39,44-45,49H,29,34-35,37H2,1-16H3;13-24,27-28,31-33H,25-26H2,1-12H3;5-11,14H,12-13,15-16H2,1-4H3;1-6H3;1H4;/q;;;-1;;+1/b28-23+,31-30-;24-23-;;;;/t38-,39+,44+,45?,49+;27-,28+,31+,32?,33+;;;;/m11..../s1. The van der Waals surface area contributed by atoms with E-state index in [4.69, 9.17) is 78.6 Å². The molecule has 0 saturated carbocycles. The van der Waals surface area contributed by atoms with Crippen LogP contribution in [-0.4, -0.2) is 184 Å². The number of nitrogens with zero attached hydrogens (tertiary/aromatic N) is 1. The summed E-state index contributed by atoms with van der Waals surface area (Å²) in [6, 6.07) is 62.4. The average molecular weight is 2310 g/mol. The van der Waals surface area contributed by atoms with E-state index in [1.165, 1.54) is 20.7 Å². The van der Waals surface area contributed by atoms with Gasteiger partial charge in [0.1, 0.15) is 46.0 Å². The Morgan fingerprint density at radius 1 is 0.456 bits per heavy atom. The summed E-state index contributed by atoms with van der Waals surface area (Å²) in [6.07, 6.45) is 15.9. The Morgan fingerprint density at radius 3 is 1.15 bits per heavy atom. The Bertz CT molecular complexity index is 5550. The Kier molecular flexibility index (Phi) is 50.1. The van der Waals surface area contributed by atoms with Crippen LogP contribution in [0.15, 0.2) is 233 Å². The third kappa shape index (κ3) is 38.4. The Labute approximate surface area is 936 Å². The van der Waals surface area contributed by atoms with Crippen LogP contribution < -0.4 is 49.1 Å². The third-order valence-electron chi connectivity index (χ3n) is 27.5. The van der Waals surface area contributed by atoms with Crippen LogP contribution in [0.1, 0.15) is 191 Å². The Balaban J connectivity index is 0.000000346. The maximum atomic E-state index is 13.9. The SMILES string of the molecule is C.COCOc1cc2occc2c(/C=C/C[C@@H]2OC(C)(C)O[C@@H]2C(/C=C\[C@@H](C)[C@H](C)O[Si](c2ccccc2)(c2ccccc2)C(C)(C)C)O[Si](C)(C)C(C)(C)C)c1C(=O)OCC[Si](C)(C)C.COCOc1cc2occc2c(CSc2ccccc2)c1C(=O)OCC[Si](C)(C)C.C[C@H](/C=C\C(O[Si](C)(C)C(C)(C)C)[C@H]1OC(C)(C)O[C@H]1CCI)[C@H](C)O[Si](c1ccccc1)(c1ccccc1)C(C)(C)C.C[Si](C)(C)[N-][Si](C)(C)C.[Li+]. The maximum absolute atomic E-state index is 13.9. The number of rotatable bonds is 44. The van der Waals surface area contributed by atoms with Crippen molar-refractivity contribution in [3.63, 3.8) is 0 Å². The number of hydrogen-bond donors (Lipinski definition) is 0. The van der Waals surface area contributed by atoms with Gasteiger partial charge in [0.2, 0.25) is 0 Å². The van der Waals surface area contributed by atoms with Gasteiger partial charge in [-0.05, 0) is 175 Å². The quantitative estimate of drug-likeness (QED) is 0.00662. The number of carbonyl (C=O) groups is 2. The molecule has 0 spiro atoms. The van der Waals surface area contributed by atoms with Crippen LogP contribution in [0.25, 0.3) is 32.7 Å². The predicted octanol–water partition coefficient (Wildman–Crippen LogP) is 28.1. The van der Waals surface area contributed by atoms with Crippen LogP contribution in [0.2, 0.25) is 137 Å². The van der Waals surface area contributed by atoms with Crippen molar-refractivity contribution in [2.45, 2.75) is 367 Å². The van der Waals surface area contributed by atoms with Crippen molar-refractivity contribution in [3.05, 3.63) is 246 Å². The summed E-state index contributed by atoms with van der Waals surface area (Å²) in [4.78, 5) is 28.2. The van der Waals surface area contributed by atoms with E-state index >= 15 is 0 Å². The van der Waals surface area contributed by atoms with Gasteiger partial charge in [0, 0.05) is 86.1 Å². The molecule has 820 valence electrons. The van der Waals surface area contributed by atoms with Gasteiger partial charge in [0.15, 0.2) is 41.8 Å². The van der Waals surface area contributed by atoms with Crippen LogP contribution in [-0.2, 0) is 61.4 Å². The molecule has 2 aliphatic heterocycles. The summed E-state index contributed by atoms with van der Waals surface area (Å²) in [5.41, 5.74) is 3.52. The van der Waals surface area contributed by atoms with E-state index in [0.717, 1.165) is 44.2 Å². The monoisotopic (exact) mass is 2310 g/mol. The summed E-state index contributed by atoms with van der Waals surface area (Å²) in [5.74, 6) is -0.789. The van der Waals surface area contributed by atoms with E-state index in [-0.39, 0.29) is 114 Å². The van der Waals surface area contributed by atoms with E-state index in [2.05, 4.69) is 396 Å². The number of furan rings is 2. The number of hydrogen-bond acceptors (Lipinski definition) is 19. The van der Waals surface area contributed by atoms with Crippen LogP contribution in [0.3, 0.4) is 0 Å². The molecule has 7 aromatic carbocycles. The van der Waals surface area contributed by atoms with Gasteiger partial charge in [-0.15, -0.1) is 11.8 Å². The molecule has 0 bridgehead atoms. The van der Waals surface area contributed by atoms with E-state index in [1.54, 1.807) is 50.6 Å². The Morgan fingerprint density at radius 2 is 0.805 bits per heavy atom. The van der Waals surface area contributed by atoms with Gasteiger partial charge >= 0.3 is 30.8 Å².